The van der Waals surface area contributed by atoms with Gasteiger partial charge in [-0.2, -0.15) is 5.10 Å². The summed E-state index contributed by atoms with van der Waals surface area (Å²) < 4.78 is 15.8. The van der Waals surface area contributed by atoms with E-state index in [-0.39, 0.29) is 18.3 Å². The standard InChI is InChI=1S/C19H17ClFN5O/c20-14-6-7-17(26-12-22-11-23-26)16(9-14)24-18(27)10-25-8-2-4-13-3-1-5-15(21)19(13)25/h1,3,5-7,9,11-12H,2,4,8,10H2,(H,24,27). The summed E-state index contributed by atoms with van der Waals surface area (Å²) in [6.45, 7) is 0.685. The fourth-order valence-corrected chi connectivity index (χ4v) is 3.52. The second-order valence-corrected chi connectivity index (χ2v) is 6.76. The van der Waals surface area contributed by atoms with Crippen LogP contribution in [0.15, 0.2) is 49.1 Å². The van der Waals surface area contributed by atoms with Gasteiger partial charge >= 0.3 is 0 Å². The van der Waals surface area contributed by atoms with Crippen molar-refractivity contribution in [3.8, 4) is 5.69 Å². The Balaban J connectivity index is 1.56. The largest absolute Gasteiger partial charge is 0.360 e. The molecule has 4 rings (SSSR count). The summed E-state index contributed by atoms with van der Waals surface area (Å²) in [4.78, 5) is 18.4. The van der Waals surface area contributed by atoms with E-state index < -0.39 is 0 Å². The number of hydrogen-bond acceptors (Lipinski definition) is 4. The minimum atomic E-state index is -0.300. The maximum absolute atomic E-state index is 14.3. The monoisotopic (exact) mass is 385 g/mol. The molecule has 6 nitrogen and oxygen atoms in total. The zero-order chi connectivity index (χ0) is 18.8. The number of benzene rings is 2. The lowest BCUT2D eigenvalue weighted by molar-refractivity contribution is -0.115. The Morgan fingerprint density at radius 3 is 3.00 bits per heavy atom. The average Bonchev–Trinajstić information content (AvgIpc) is 3.16. The van der Waals surface area contributed by atoms with Gasteiger partial charge < -0.3 is 10.2 Å². The molecule has 0 unspecified atom stereocenters. The lowest BCUT2D eigenvalue weighted by Gasteiger charge is -2.31. The minimum absolute atomic E-state index is 0.0528. The van der Waals surface area contributed by atoms with E-state index in [2.05, 4.69) is 15.4 Å². The summed E-state index contributed by atoms with van der Waals surface area (Å²) >= 11 is 6.08. The van der Waals surface area contributed by atoms with Gasteiger partial charge in [0.15, 0.2) is 0 Å². The highest BCUT2D eigenvalue weighted by Crippen LogP contribution is 2.30. The maximum atomic E-state index is 14.3. The number of aryl methyl sites for hydroxylation is 1. The first-order valence-electron chi connectivity index (χ1n) is 8.58. The van der Waals surface area contributed by atoms with Crippen LogP contribution < -0.4 is 10.2 Å². The molecule has 2 heterocycles. The van der Waals surface area contributed by atoms with Crippen molar-refractivity contribution in [1.82, 2.24) is 14.8 Å². The fourth-order valence-electron chi connectivity index (χ4n) is 3.35. The number of halogens is 2. The summed E-state index contributed by atoms with van der Waals surface area (Å²) in [5, 5.41) is 7.44. The number of nitrogens with one attached hydrogen (secondary N) is 1. The molecule has 0 saturated heterocycles. The number of nitrogens with zero attached hydrogens (tertiary/aromatic N) is 4. The Morgan fingerprint density at radius 2 is 2.19 bits per heavy atom. The first kappa shape index (κ1) is 17.5. The molecule has 3 aromatic rings. The third-order valence-electron chi connectivity index (χ3n) is 4.49. The van der Waals surface area contributed by atoms with Crippen LogP contribution in [0, 0.1) is 5.82 Å². The van der Waals surface area contributed by atoms with Crippen LogP contribution in [-0.4, -0.2) is 33.8 Å². The average molecular weight is 386 g/mol. The van der Waals surface area contributed by atoms with E-state index in [4.69, 9.17) is 11.6 Å². The minimum Gasteiger partial charge on any atom is -0.360 e. The number of para-hydroxylation sites is 1. The fraction of sp³-hybridized carbons (Fsp3) is 0.211. The summed E-state index contributed by atoms with van der Waals surface area (Å²) in [6, 6.07) is 10.2. The van der Waals surface area contributed by atoms with Crippen LogP contribution in [0.2, 0.25) is 5.02 Å². The van der Waals surface area contributed by atoms with Gasteiger partial charge in [0.05, 0.1) is 23.6 Å². The van der Waals surface area contributed by atoms with E-state index in [1.807, 2.05) is 6.07 Å². The number of carbonyl (C=O) groups is 1. The number of hydrogen-bond donors (Lipinski definition) is 1. The number of rotatable bonds is 4. The predicted octanol–water partition coefficient (Wildman–Crippen LogP) is 3.45. The Hall–Kier alpha value is -2.93. The van der Waals surface area contributed by atoms with Gasteiger partial charge in [-0.15, -0.1) is 0 Å². The van der Waals surface area contributed by atoms with Gasteiger partial charge in [0.25, 0.3) is 0 Å². The van der Waals surface area contributed by atoms with Crippen LogP contribution in [-0.2, 0) is 11.2 Å². The molecule has 1 aliphatic heterocycles. The molecule has 0 radical (unpaired) electrons. The van der Waals surface area contributed by atoms with Crippen molar-refractivity contribution >= 4 is 28.9 Å². The first-order valence-corrected chi connectivity index (χ1v) is 8.96. The lowest BCUT2D eigenvalue weighted by Crippen LogP contribution is -2.37. The van der Waals surface area contributed by atoms with Crippen molar-refractivity contribution in [3.05, 3.63) is 65.5 Å². The summed E-state index contributed by atoms with van der Waals surface area (Å²) in [6.07, 6.45) is 4.64. The van der Waals surface area contributed by atoms with E-state index >= 15 is 0 Å². The summed E-state index contributed by atoms with van der Waals surface area (Å²) in [5.41, 5.74) is 2.61. The number of fused-ring (bicyclic) bond motifs is 1. The van der Waals surface area contributed by atoms with Gasteiger partial charge in [-0.3, -0.25) is 4.79 Å². The second kappa shape index (κ2) is 7.36. The second-order valence-electron chi connectivity index (χ2n) is 6.32. The molecule has 1 aromatic heterocycles. The van der Waals surface area contributed by atoms with Crippen molar-refractivity contribution in [2.75, 3.05) is 23.3 Å². The normalized spacial score (nSPS) is 13.3. The number of amides is 1. The molecular weight excluding hydrogens is 369 g/mol. The van der Waals surface area contributed by atoms with Crippen LogP contribution in [0.5, 0.6) is 0 Å². The Morgan fingerprint density at radius 1 is 1.30 bits per heavy atom. The highest BCUT2D eigenvalue weighted by atomic mass is 35.5. The molecule has 2 aromatic carbocycles. The predicted molar refractivity (Wildman–Crippen MR) is 102 cm³/mol. The molecule has 0 spiro atoms. The van der Waals surface area contributed by atoms with Crippen molar-refractivity contribution in [2.24, 2.45) is 0 Å². The van der Waals surface area contributed by atoms with Crippen molar-refractivity contribution in [1.29, 1.82) is 0 Å². The van der Waals surface area contributed by atoms with Crippen LogP contribution >= 0.6 is 11.6 Å². The summed E-state index contributed by atoms with van der Waals surface area (Å²) in [7, 11) is 0. The molecule has 0 aliphatic carbocycles. The Kier molecular flexibility index (Phi) is 4.77. The molecule has 1 N–H and O–H groups in total. The molecule has 0 saturated carbocycles. The van der Waals surface area contributed by atoms with E-state index in [1.54, 1.807) is 33.8 Å². The Labute approximate surface area is 160 Å². The molecule has 0 fully saturated rings. The molecule has 8 heteroatoms. The smallest absolute Gasteiger partial charge is 0.243 e. The van der Waals surface area contributed by atoms with Gasteiger partial charge in [-0.1, -0.05) is 23.7 Å². The topological polar surface area (TPSA) is 63.1 Å². The molecule has 1 amide bonds. The van der Waals surface area contributed by atoms with Crippen LogP contribution in [0.3, 0.4) is 0 Å². The van der Waals surface area contributed by atoms with Gasteiger partial charge in [-0.05, 0) is 42.7 Å². The van der Waals surface area contributed by atoms with Crippen LogP contribution in [0.4, 0.5) is 15.8 Å². The molecule has 0 atom stereocenters. The third-order valence-corrected chi connectivity index (χ3v) is 4.73. The van der Waals surface area contributed by atoms with Gasteiger partial charge in [0.2, 0.25) is 5.91 Å². The highest BCUT2D eigenvalue weighted by molar-refractivity contribution is 6.31. The number of anilines is 2. The molecule has 0 bridgehead atoms. The van der Waals surface area contributed by atoms with E-state index in [0.717, 1.165) is 18.4 Å². The van der Waals surface area contributed by atoms with E-state index in [1.165, 1.54) is 18.7 Å². The van der Waals surface area contributed by atoms with E-state index in [9.17, 15) is 9.18 Å². The quantitative estimate of drug-likeness (QED) is 0.747. The van der Waals surface area contributed by atoms with Crippen LogP contribution in [0.1, 0.15) is 12.0 Å². The SMILES string of the molecule is O=C(CN1CCCc2cccc(F)c21)Nc1cc(Cl)ccc1-n1cncn1. The molecule has 1 aliphatic rings. The first-order chi connectivity index (χ1) is 13.1. The van der Waals surface area contributed by atoms with Gasteiger partial charge in [0, 0.05) is 11.6 Å². The number of carbonyl (C=O) groups excluding carboxylic acids is 1. The molecule has 27 heavy (non-hydrogen) atoms. The van der Waals surface area contributed by atoms with Gasteiger partial charge in [0.1, 0.15) is 18.5 Å². The van der Waals surface area contributed by atoms with Crippen LogP contribution in [0.25, 0.3) is 5.69 Å². The zero-order valence-corrected chi connectivity index (χ0v) is 15.2. The molecular formula is C19H17ClFN5O. The van der Waals surface area contributed by atoms with E-state index in [0.29, 0.717) is 28.6 Å². The van der Waals surface area contributed by atoms with Crippen molar-refractivity contribution in [3.63, 3.8) is 0 Å². The zero-order valence-electron chi connectivity index (χ0n) is 14.4. The Bertz CT molecular complexity index is 976. The van der Waals surface area contributed by atoms with Gasteiger partial charge in [-0.25, -0.2) is 14.1 Å². The third kappa shape index (κ3) is 3.64. The molecule has 138 valence electrons. The maximum Gasteiger partial charge on any atom is 0.243 e. The highest BCUT2D eigenvalue weighted by Gasteiger charge is 2.22. The number of aromatic nitrogens is 3. The van der Waals surface area contributed by atoms with Crippen molar-refractivity contribution < 1.29 is 9.18 Å². The lowest BCUT2D eigenvalue weighted by atomic mass is 10.0. The summed E-state index contributed by atoms with van der Waals surface area (Å²) in [5.74, 6) is -0.555. The van der Waals surface area contributed by atoms with Crippen molar-refractivity contribution in [2.45, 2.75) is 12.8 Å².